The molecule has 0 fully saturated rings. The molecule has 1 amide bonds. The van der Waals surface area contributed by atoms with Crippen molar-refractivity contribution in [2.75, 3.05) is 5.32 Å². The molecule has 0 bridgehead atoms. The van der Waals surface area contributed by atoms with Gasteiger partial charge < -0.3 is 4.74 Å². The molecule has 1 N–H and O–H groups in total. The minimum atomic E-state index is -4.55. The third-order valence-electron chi connectivity index (χ3n) is 2.18. The van der Waals surface area contributed by atoms with Gasteiger partial charge in [0, 0.05) is 5.33 Å². The lowest BCUT2D eigenvalue weighted by Gasteiger charge is -2.21. The van der Waals surface area contributed by atoms with Crippen LogP contribution >= 0.6 is 15.9 Å². The maximum Gasteiger partial charge on any atom is 0.418 e. The predicted molar refractivity (Wildman–Crippen MR) is 73.9 cm³/mol. The van der Waals surface area contributed by atoms with Crippen molar-refractivity contribution in [3.8, 4) is 0 Å². The number of amides is 1. The Bertz CT molecular complexity index is 495. The molecule has 0 saturated heterocycles. The molecular weight excluding hydrogens is 339 g/mol. The predicted octanol–water partition coefficient (Wildman–Crippen LogP) is 4.95. The lowest BCUT2D eigenvalue weighted by atomic mass is 10.1. The van der Waals surface area contributed by atoms with Gasteiger partial charge in [-0.1, -0.05) is 22.0 Å². The van der Waals surface area contributed by atoms with Gasteiger partial charge in [0.25, 0.3) is 0 Å². The Kier molecular flexibility index (Phi) is 5.07. The van der Waals surface area contributed by atoms with E-state index in [1.165, 1.54) is 12.1 Å². The van der Waals surface area contributed by atoms with E-state index in [1.807, 2.05) is 0 Å². The fourth-order valence-corrected chi connectivity index (χ4v) is 1.78. The summed E-state index contributed by atoms with van der Waals surface area (Å²) in [5, 5.41) is 2.42. The Hall–Kier alpha value is -1.24. The van der Waals surface area contributed by atoms with Crippen LogP contribution in [-0.4, -0.2) is 11.7 Å². The second kappa shape index (κ2) is 6.03. The van der Waals surface area contributed by atoms with Gasteiger partial charge >= 0.3 is 12.3 Å². The smallest absolute Gasteiger partial charge is 0.418 e. The van der Waals surface area contributed by atoms with Crippen LogP contribution in [0.15, 0.2) is 18.2 Å². The van der Waals surface area contributed by atoms with Crippen molar-refractivity contribution in [1.29, 1.82) is 0 Å². The first-order valence-electron chi connectivity index (χ1n) is 5.79. The number of ether oxygens (including phenoxy) is 1. The number of hydrogen-bond donors (Lipinski definition) is 1. The molecule has 20 heavy (non-hydrogen) atoms. The molecule has 0 radical (unpaired) electrons. The summed E-state index contributed by atoms with van der Waals surface area (Å²) in [6.45, 7) is 4.89. The zero-order valence-corrected chi connectivity index (χ0v) is 12.9. The van der Waals surface area contributed by atoms with E-state index in [0.29, 0.717) is 10.9 Å². The summed E-state index contributed by atoms with van der Waals surface area (Å²) in [6, 6.07) is 3.70. The van der Waals surface area contributed by atoms with Crippen LogP contribution in [0.25, 0.3) is 0 Å². The molecule has 0 heterocycles. The van der Waals surface area contributed by atoms with E-state index >= 15 is 0 Å². The highest BCUT2D eigenvalue weighted by molar-refractivity contribution is 9.08. The number of halogens is 4. The SMILES string of the molecule is CC(C)(C)OC(=O)Nc1ccc(CBr)cc1C(F)(F)F. The third kappa shape index (κ3) is 5.03. The lowest BCUT2D eigenvalue weighted by Crippen LogP contribution is -2.28. The van der Waals surface area contributed by atoms with E-state index < -0.39 is 23.4 Å². The monoisotopic (exact) mass is 353 g/mol. The van der Waals surface area contributed by atoms with Gasteiger partial charge in [-0.25, -0.2) is 4.79 Å². The summed E-state index contributed by atoms with van der Waals surface area (Å²) >= 11 is 3.09. The van der Waals surface area contributed by atoms with Crippen LogP contribution in [0, 0.1) is 0 Å². The molecule has 1 aromatic rings. The van der Waals surface area contributed by atoms with Crippen molar-refractivity contribution in [1.82, 2.24) is 0 Å². The largest absolute Gasteiger partial charge is 0.444 e. The van der Waals surface area contributed by atoms with Gasteiger partial charge in [0.1, 0.15) is 5.60 Å². The van der Waals surface area contributed by atoms with Crippen LogP contribution in [-0.2, 0) is 16.2 Å². The number of rotatable bonds is 2. The first kappa shape index (κ1) is 16.8. The molecule has 112 valence electrons. The highest BCUT2D eigenvalue weighted by Crippen LogP contribution is 2.36. The molecule has 0 unspecified atom stereocenters. The summed E-state index contributed by atoms with van der Waals surface area (Å²) in [5.41, 5.74) is -1.54. The molecule has 1 aromatic carbocycles. The normalized spacial score (nSPS) is 12.2. The topological polar surface area (TPSA) is 38.3 Å². The van der Waals surface area contributed by atoms with Crippen LogP contribution in [0.4, 0.5) is 23.7 Å². The van der Waals surface area contributed by atoms with Gasteiger partial charge in [-0.05, 0) is 38.5 Å². The summed E-state index contributed by atoms with van der Waals surface area (Å²) in [4.78, 5) is 11.6. The van der Waals surface area contributed by atoms with Crippen molar-refractivity contribution in [2.24, 2.45) is 0 Å². The zero-order valence-electron chi connectivity index (χ0n) is 11.3. The van der Waals surface area contributed by atoms with Crippen molar-refractivity contribution in [2.45, 2.75) is 37.9 Å². The van der Waals surface area contributed by atoms with Crippen LogP contribution in [0.5, 0.6) is 0 Å². The summed E-state index contributed by atoms with van der Waals surface area (Å²) in [6.07, 6.45) is -5.47. The molecule has 0 spiro atoms. The maximum atomic E-state index is 12.9. The average molecular weight is 354 g/mol. The minimum Gasteiger partial charge on any atom is -0.444 e. The second-order valence-corrected chi connectivity index (χ2v) is 5.70. The quantitative estimate of drug-likeness (QED) is 0.764. The van der Waals surface area contributed by atoms with Gasteiger partial charge in [-0.3, -0.25) is 5.32 Å². The van der Waals surface area contributed by atoms with Crippen molar-refractivity contribution in [3.63, 3.8) is 0 Å². The van der Waals surface area contributed by atoms with Gasteiger partial charge in [0.05, 0.1) is 11.3 Å². The molecule has 0 atom stereocenters. The van der Waals surface area contributed by atoms with E-state index in [2.05, 4.69) is 21.2 Å². The molecule has 0 saturated carbocycles. The van der Waals surface area contributed by atoms with Crippen LogP contribution in [0.3, 0.4) is 0 Å². The fraction of sp³-hybridized carbons (Fsp3) is 0.462. The molecular formula is C13H15BrF3NO2. The third-order valence-corrected chi connectivity index (χ3v) is 2.83. The molecule has 0 aromatic heterocycles. The van der Waals surface area contributed by atoms with Gasteiger partial charge in [0.15, 0.2) is 0 Å². The van der Waals surface area contributed by atoms with Crippen molar-refractivity contribution in [3.05, 3.63) is 29.3 Å². The molecule has 7 heteroatoms. The first-order chi connectivity index (χ1) is 9.03. The Balaban J connectivity index is 3.03. The summed E-state index contributed by atoms with van der Waals surface area (Å²) < 4.78 is 43.8. The van der Waals surface area contributed by atoms with E-state index in [0.717, 1.165) is 6.07 Å². The van der Waals surface area contributed by atoms with E-state index in [1.54, 1.807) is 20.8 Å². The zero-order chi connectivity index (χ0) is 15.6. The van der Waals surface area contributed by atoms with E-state index in [4.69, 9.17) is 4.74 Å². The Labute approximate surface area is 123 Å². The fourth-order valence-electron chi connectivity index (χ4n) is 1.43. The van der Waals surface area contributed by atoms with E-state index in [-0.39, 0.29) is 5.69 Å². The Morgan fingerprint density at radius 1 is 1.30 bits per heavy atom. The van der Waals surface area contributed by atoms with Crippen molar-refractivity contribution >= 4 is 27.7 Å². The highest BCUT2D eigenvalue weighted by atomic mass is 79.9. The second-order valence-electron chi connectivity index (χ2n) is 5.14. The van der Waals surface area contributed by atoms with Gasteiger partial charge in [0.2, 0.25) is 0 Å². The van der Waals surface area contributed by atoms with E-state index in [9.17, 15) is 18.0 Å². The van der Waals surface area contributed by atoms with Crippen LogP contribution < -0.4 is 5.32 Å². The molecule has 3 nitrogen and oxygen atoms in total. The van der Waals surface area contributed by atoms with Gasteiger partial charge in [-0.2, -0.15) is 13.2 Å². The average Bonchev–Trinajstić information content (AvgIpc) is 2.25. The van der Waals surface area contributed by atoms with Crippen LogP contribution in [0.1, 0.15) is 31.9 Å². The first-order valence-corrected chi connectivity index (χ1v) is 6.91. The summed E-state index contributed by atoms with van der Waals surface area (Å²) in [5.74, 6) is 0. The standard InChI is InChI=1S/C13H15BrF3NO2/c1-12(2,3)20-11(19)18-10-5-4-8(7-14)6-9(10)13(15,16)17/h4-6H,7H2,1-3H3,(H,18,19). The number of hydrogen-bond acceptors (Lipinski definition) is 2. The molecule has 0 aliphatic carbocycles. The number of alkyl halides is 4. The minimum absolute atomic E-state index is 0.294. The highest BCUT2D eigenvalue weighted by Gasteiger charge is 2.34. The number of carbonyl (C=O) groups excluding carboxylic acids is 1. The summed E-state index contributed by atoms with van der Waals surface area (Å²) in [7, 11) is 0. The lowest BCUT2D eigenvalue weighted by molar-refractivity contribution is -0.137. The number of nitrogens with one attached hydrogen (secondary N) is 1. The maximum absolute atomic E-state index is 12.9. The Morgan fingerprint density at radius 3 is 2.35 bits per heavy atom. The Morgan fingerprint density at radius 2 is 1.90 bits per heavy atom. The number of carbonyl (C=O) groups is 1. The molecule has 0 aliphatic rings. The van der Waals surface area contributed by atoms with Crippen LogP contribution in [0.2, 0.25) is 0 Å². The van der Waals surface area contributed by atoms with Gasteiger partial charge in [-0.15, -0.1) is 0 Å². The molecule has 1 rings (SSSR count). The number of anilines is 1. The number of benzene rings is 1. The molecule has 0 aliphatic heterocycles. The van der Waals surface area contributed by atoms with Crippen molar-refractivity contribution < 1.29 is 22.7 Å².